The fourth-order valence-electron chi connectivity index (χ4n) is 9.02. The number of benzene rings is 4. The molecule has 0 saturated carbocycles. The summed E-state index contributed by atoms with van der Waals surface area (Å²) in [4.78, 5) is 9.25. The van der Waals surface area contributed by atoms with Gasteiger partial charge in [-0.2, -0.15) is 0 Å². The van der Waals surface area contributed by atoms with E-state index in [2.05, 4.69) is 134 Å². The zero-order chi connectivity index (χ0) is 46.0. The lowest BCUT2D eigenvalue weighted by molar-refractivity contribution is 0.0917. The summed E-state index contributed by atoms with van der Waals surface area (Å²) in [6.45, 7) is 21.6. The molecule has 4 aromatic rings. The highest BCUT2D eigenvalue weighted by atomic mass is 16.5. The van der Waals surface area contributed by atoms with E-state index in [1.54, 1.807) is 0 Å². The quantitative estimate of drug-likeness (QED) is 0.0543. The maximum absolute atomic E-state index is 9.79. The van der Waals surface area contributed by atoms with Crippen LogP contribution in [-0.2, 0) is 4.74 Å². The summed E-state index contributed by atoms with van der Waals surface area (Å²) in [5, 5.41) is 19.6. The molecule has 2 saturated heterocycles. The van der Waals surface area contributed by atoms with Crippen molar-refractivity contribution in [1.29, 1.82) is 0 Å². The Morgan fingerprint density at radius 3 is 1.09 bits per heavy atom. The van der Waals surface area contributed by atoms with E-state index in [0.29, 0.717) is 39.6 Å². The van der Waals surface area contributed by atoms with E-state index in [0.717, 1.165) is 149 Å². The molecule has 0 aliphatic carbocycles. The molecule has 4 aromatic carbocycles. The van der Waals surface area contributed by atoms with Gasteiger partial charge in [-0.15, -0.1) is 0 Å². The van der Waals surface area contributed by atoms with Gasteiger partial charge in [-0.3, -0.25) is 0 Å². The van der Waals surface area contributed by atoms with Crippen molar-refractivity contribution < 1.29 is 33.9 Å². The molecule has 2 fully saturated rings. The highest BCUT2D eigenvalue weighted by Gasteiger charge is 2.21. The van der Waals surface area contributed by atoms with Gasteiger partial charge in [0, 0.05) is 65.4 Å². The number of aliphatic hydroxyl groups excluding tert-OH is 2. The van der Waals surface area contributed by atoms with Gasteiger partial charge in [0.1, 0.15) is 23.0 Å². The maximum Gasteiger partial charge on any atom is 0.122 e. The largest absolute Gasteiger partial charge is 0.493 e. The van der Waals surface area contributed by atoms with Gasteiger partial charge < -0.3 is 53.5 Å². The van der Waals surface area contributed by atoms with Crippen LogP contribution >= 0.6 is 0 Å². The number of nitrogens with zero attached hydrogens (tertiary/aromatic N) is 4. The molecule has 65 heavy (non-hydrogen) atoms. The number of β-amino-alcohol motifs (C(OH)–C–C–N with tert-alkyl or cyclic N) is 2. The number of aliphatic hydroxyl groups is 2. The minimum absolute atomic E-state index is 0.180. The van der Waals surface area contributed by atoms with Crippen LogP contribution in [0, 0.1) is 27.7 Å². The van der Waals surface area contributed by atoms with Crippen molar-refractivity contribution in [2.24, 2.45) is 0 Å². The van der Waals surface area contributed by atoms with Crippen molar-refractivity contribution in [3.63, 3.8) is 0 Å². The van der Waals surface area contributed by atoms with Crippen LogP contribution in [0.25, 0.3) is 22.3 Å². The van der Waals surface area contributed by atoms with Crippen LogP contribution in [0.4, 0.5) is 0 Å². The minimum atomic E-state index is -0.180. The van der Waals surface area contributed by atoms with E-state index in [9.17, 15) is 10.2 Å². The molecule has 2 N–H and O–H groups in total. The smallest absolute Gasteiger partial charge is 0.122 e. The molecular formula is C54H78N4O7. The van der Waals surface area contributed by atoms with Crippen LogP contribution in [0.1, 0.15) is 60.8 Å². The van der Waals surface area contributed by atoms with Crippen molar-refractivity contribution in [3.8, 4) is 45.3 Å². The second-order valence-corrected chi connectivity index (χ2v) is 18.2. The summed E-state index contributed by atoms with van der Waals surface area (Å²) < 4.78 is 31.1. The fourth-order valence-corrected chi connectivity index (χ4v) is 9.02. The first kappa shape index (κ1) is 50.2. The van der Waals surface area contributed by atoms with Crippen LogP contribution in [0.15, 0.2) is 72.8 Å². The second-order valence-electron chi connectivity index (χ2n) is 18.2. The maximum atomic E-state index is 9.79. The number of likely N-dealkylation sites (N-methyl/N-ethyl adjacent to an activating group) is 2. The summed E-state index contributed by atoms with van der Waals surface area (Å²) >= 11 is 0. The Morgan fingerprint density at radius 2 is 0.785 bits per heavy atom. The third kappa shape index (κ3) is 15.4. The van der Waals surface area contributed by atoms with Crippen molar-refractivity contribution in [2.75, 3.05) is 119 Å². The number of ether oxygens (including phenoxy) is 5. The first-order chi connectivity index (χ1) is 31.6. The lowest BCUT2D eigenvalue weighted by atomic mass is 9.95. The summed E-state index contributed by atoms with van der Waals surface area (Å²) in [5.74, 6) is 3.69. The normalized spacial score (nSPS) is 16.8. The van der Waals surface area contributed by atoms with Gasteiger partial charge in [0.2, 0.25) is 0 Å². The zero-order valence-electron chi connectivity index (χ0n) is 40.4. The fraction of sp³-hybridized carbons (Fsp3) is 0.556. The van der Waals surface area contributed by atoms with Crippen molar-refractivity contribution in [3.05, 3.63) is 95.1 Å². The van der Waals surface area contributed by atoms with Gasteiger partial charge in [-0.1, -0.05) is 48.5 Å². The van der Waals surface area contributed by atoms with E-state index in [1.165, 1.54) is 22.3 Å². The molecule has 6 rings (SSSR count). The van der Waals surface area contributed by atoms with Crippen LogP contribution < -0.4 is 18.9 Å². The third-order valence-corrected chi connectivity index (χ3v) is 13.1. The molecule has 0 unspecified atom stereocenters. The first-order valence-electron chi connectivity index (χ1n) is 24.2. The molecule has 2 aliphatic rings. The Labute approximate surface area is 390 Å². The Kier molecular flexibility index (Phi) is 20.3. The molecular weight excluding hydrogens is 817 g/mol. The lowest BCUT2D eigenvalue weighted by Crippen LogP contribution is -2.28. The predicted octanol–water partition coefficient (Wildman–Crippen LogP) is 8.04. The van der Waals surface area contributed by atoms with Gasteiger partial charge in [-0.05, 0) is 149 Å². The zero-order valence-corrected chi connectivity index (χ0v) is 40.4. The molecule has 2 aliphatic heterocycles. The van der Waals surface area contributed by atoms with Crippen LogP contribution in [-0.4, -0.2) is 161 Å². The van der Waals surface area contributed by atoms with Gasteiger partial charge in [0.15, 0.2) is 0 Å². The van der Waals surface area contributed by atoms with Crippen molar-refractivity contribution in [2.45, 2.75) is 78.4 Å². The van der Waals surface area contributed by atoms with E-state index < -0.39 is 0 Å². The third-order valence-electron chi connectivity index (χ3n) is 13.1. The first-order valence-corrected chi connectivity index (χ1v) is 24.2. The van der Waals surface area contributed by atoms with E-state index in [4.69, 9.17) is 23.7 Å². The molecule has 0 aromatic heterocycles. The van der Waals surface area contributed by atoms with Gasteiger partial charge >= 0.3 is 0 Å². The Bertz CT molecular complexity index is 1900. The van der Waals surface area contributed by atoms with E-state index in [1.807, 2.05) is 0 Å². The van der Waals surface area contributed by atoms with Gasteiger partial charge in [-0.25, -0.2) is 0 Å². The highest BCUT2D eigenvalue weighted by molar-refractivity contribution is 5.75. The number of rotatable bonds is 28. The van der Waals surface area contributed by atoms with Crippen LogP contribution in [0.5, 0.6) is 23.0 Å². The molecule has 356 valence electrons. The van der Waals surface area contributed by atoms with Gasteiger partial charge in [0.25, 0.3) is 0 Å². The number of likely N-dealkylation sites (tertiary alicyclic amines) is 2. The summed E-state index contributed by atoms with van der Waals surface area (Å²) in [5.41, 5.74) is 9.24. The molecule has 0 spiro atoms. The number of hydrogen-bond donors (Lipinski definition) is 2. The summed E-state index contributed by atoms with van der Waals surface area (Å²) in [6, 6.07) is 25.2. The standard InChI is InChI=1S/C54H78N4O7/c1-41-47(49-17-9-21-53(43(49)3)64-35-13-27-57-29-23-45(59)39-57)15-7-19-51(41)62-33-11-25-55(5)31-37-61-38-32-56(6)26-12-34-63-52-20-8-16-48(42(52)2)50-18-10-22-54(44(50)4)65-36-14-28-58-30-24-46(60)40-58/h7-10,15-22,45-46,59-60H,11-14,23-40H2,1-6H3/t45-,46-/m1/s1. The van der Waals surface area contributed by atoms with Crippen LogP contribution in [0.3, 0.4) is 0 Å². The molecule has 2 atom stereocenters. The highest BCUT2D eigenvalue weighted by Crippen LogP contribution is 2.37. The minimum Gasteiger partial charge on any atom is -0.493 e. The number of hydrogen-bond acceptors (Lipinski definition) is 11. The van der Waals surface area contributed by atoms with Gasteiger partial charge in [0.05, 0.1) is 51.8 Å². The monoisotopic (exact) mass is 895 g/mol. The molecule has 11 nitrogen and oxygen atoms in total. The lowest BCUT2D eigenvalue weighted by Gasteiger charge is -2.20. The molecule has 2 heterocycles. The molecule has 0 amide bonds. The average molecular weight is 895 g/mol. The average Bonchev–Trinajstić information content (AvgIpc) is 3.92. The topological polar surface area (TPSA) is 99.6 Å². The molecule has 0 radical (unpaired) electrons. The van der Waals surface area contributed by atoms with Crippen molar-refractivity contribution >= 4 is 0 Å². The SMILES string of the molecule is Cc1c(OCCCN(C)CCOCCN(C)CCCOc2cccc(-c3cccc(OCCCN4CC[C@@H](O)C4)c3C)c2C)cccc1-c1cccc(OCCCN2CC[C@@H](O)C2)c1C. The molecule has 11 heteroatoms. The predicted molar refractivity (Wildman–Crippen MR) is 263 cm³/mol. The van der Waals surface area contributed by atoms with E-state index in [-0.39, 0.29) is 12.2 Å². The molecule has 0 bridgehead atoms. The van der Waals surface area contributed by atoms with E-state index >= 15 is 0 Å². The Balaban J connectivity index is 0.819. The van der Waals surface area contributed by atoms with Crippen LogP contribution in [0.2, 0.25) is 0 Å². The summed E-state index contributed by atoms with van der Waals surface area (Å²) in [7, 11) is 4.29. The van der Waals surface area contributed by atoms with Crippen molar-refractivity contribution in [1.82, 2.24) is 19.6 Å². The second kappa shape index (κ2) is 26.2. The summed E-state index contributed by atoms with van der Waals surface area (Å²) in [6.07, 6.45) is 5.13. The Morgan fingerprint density at radius 1 is 0.462 bits per heavy atom. The Hall–Kier alpha value is -4.20.